The predicted molar refractivity (Wildman–Crippen MR) is 72.5 cm³/mol. The molecule has 0 aliphatic heterocycles. The molecular formula is C14H18ClNO2. The molecule has 98 valence electrons. The van der Waals surface area contributed by atoms with E-state index >= 15 is 0 Å². The first-order valence-corrected chi connectivity index (χ1v) is 6.55. The van der Waals surface area contributed by atoms with Crippen molar-refractivity contribution < 1.29 is 9.59 Å². The lowest BCUT2D eigenvalue weighted by Gasteiger charge is -2.04. The third-order valence-electron chi connectivity index (χ3n) is 2.58. The van der Waals surface area contributed by atoms with Gasteiger partial charge in [0.25, 0.3) is 0 Å². The fourth-order valence-electron chi connectivity index (χ4n) is 1.64. The van der Waals surface area contributed by atoms with E-state index in [1.807, 2.05) is 30.3 Å². The number of halogens is 1. The van der Waals surface area contributed by atoms with Crippen molar-refractivity contribution in [1.29, 1.82) is 0 Å². The van der Waals surface area contributed by atoms with Crippen LogP contribution >= 0.6 is 11.6 Å². The van der Waals surface area contributed by atoms with Gasteiger partial charge in [0.1, 0.15) is 0 Å². The molecule has 0 aromatic heterocycles. The highest BCUT2D eigenvalue weighted by Crippen LogP contribution is 2.02. The van der Waals surface area contributed by atoms with Gasteiger partial charge in [0.05, 0.1) is 6.42 Å². The number of rotatable bonds is 8. The van der Waals surface area contributed by atoms with Crippen LogP contribution in [-0.4, -0.2) is 17.7 Å². The maximum atomic E-state index is 11.6. The third-order valence-corrected chi connectivity index (χ3v) is 2.77. The third kappa shape index (κ3) is 7.07. The van der Waals surface area contributed by atoms with E-state index in [0.29, 0.717) is 19.4 Å². The van der Waals surface area contributed by atoms with Gasteiger partial charge in [0.15, 0.2) is 0 Å². The fraction of sp³-hybridized carbons (Fsp3) is 0.429. The molecule has 0 saturated heterocycles. The number of carbonyl (C=O) groups excluding carboxylic acids is 2. The summed E-state index contributed by atoms with van der Waals surface area (Å²) in [5, 5.41) is 2.57. The van der Waals surface area contributed by atoms with E-state index in [1.54, 1.807) is 0 Å². The van der Waals surface area contributed by atoms with Crippen molar-refractivity contribution in [2.75, 3.05) is 6.54 Å². The highest BCUT2D eigenvalue weighted by molar-refractivity contribution is 6.63. The molecule has 0 atom stereocenters. The van der Waals surface area contributed by atoms with Gasteiger partial charge in [-0.3, -0.25) is 9.59 Å². The zero-order valence-corrected chi connectivity index (χ0v) is 11.1. The lowest BCUT2D eigenvalue weighted by molar-refractivity contribution is -0.120. The molecule has 0 unspecified atom stereocenters. The van der Waals surface area contributed by atoms with Gasteiger partial charge < -0.3 is 5.32 Å². The molecule has 0 radical (unpaired) electrons. The first-order chi connectivity index (χ1) is 8.68. The van der Waals surface area contributed by atoms with Crippen LogP contribution in [0.5, 0.6) is 0 Å². The summed E-state index contributed by atoms with van der Waals surface area (Å²) in [4.78, 5) is 22.1. The van der Waals surface area contributed by atoms with Gasteiger partial charge in [-0.1, -0.05) is 36.8 Å². The topological polar surface area (TPSA) is 46.2 Å². The molecule has 0 aliphatic rings. The van der Waals surface area contributed by atoms with Crippen molar-refractivity contribution >= 4 is 22.8 Å². The number of hydrogen-bond acceptors (Lipinski definition) is 2. The molecule has 4 heteroatoms. The molecule has 0 bridgehead atoms. The minimum absolute atomic E-state index is 0.0367. The Morgan fingerprint density at radius 3 is 2.44 bits per heavy atom. The summed E-state index contributed by atoms with van der Waals surface area (Å²) in [6.45, 7) is 0.655. The summed E-state index contributed by atoms with van der Waals surface area (Å²) in [5.41, 5.74) is 1.02. The van der Waals surface area contributed by atoms with Crippen LogP contribution in [-0.2, 0) is 16.0 Å². The number of unbranched alkanes of at least 4 members (excludes halogenated alkanes) is 2. The standard InChI is InChI=1S/C14H18ClNO2/c15-13(17)9-5-2-6-10-16-14(18)11-12-7-3-1-4-8-12/h1,3-4,7-8H,2,5-6,9-11H2,(H,16,18). The summed E-state index contributed by atoms with van der Waals surface area (Å²) < 4.78 is 0. The second kappa shape index (κ2) is 8.70. The van der Waals surface area contributed by atoms with Crippen LogP contribution in [0.1, 0.15) is 31.2 Å². The molecule has 1 aromatic rings. The van der Waals surface area contributed by atoms with Gasteiger partial charge in [-0.15, -0.1) is 0 Å². The van der Waals surface area contributed by atoms with Crippen molar-refractivity contribution in [3.8, 4) is 0 Å². The van der Waals surface area contributed by atoms with E-state index in [-0.39, 0.29) is 11.1 Å². The number of amides is 1. The Morgan fingerprint density at radius 2 is 1.78 bits per heavy atom. The first-order valence-electron chi connectivity index (χ1n) is 6.17. The molecule has 1 aromatic carbocycles. The monoisotopic (exact) mass is 267 g/mol. The highest BCUT2D eigenvalue weighted by atomic mass is 35.5. The van der Waals surface area contributed by atoms with Crippen molar-refractivity contribution in [3.63, 3.8) is 0 Å². The molecule has 0 heterocycles. The van der Waals surface area contributed by atoms with E-state index in [0.717, 1.165) is 24.8 Å². The zero-order valence-electron chi connectivity index (χ0n) is 10.3. The van der Waals surface area contributed by atoms with Crippen LogP contribution in [0.4, 0.5) is 0 Å². The molecule has 18 heavy (non-hydrogen) atoms. The summed E-state index contributed by atoms with van der Waals surface area (Å²) >= 11 is 5.22. The van der Waals surface area contributed by atoms with E-state index in [2.05, 4.69) is 5.32 Å². The zero-order chi connectivity index (χ0) is 13.2. The largest absolute Gasteiger partial charge is 0.356 e. The molecule has 0 saturated carbocycles. The first kappa shape index (κ1) is 14.7. The minimum atomic E-state index is -0.289. The Hall–Kier alpha value is -1.35. The van der Waals surface area contributed by atoms with Crippen LogP contribution < -0.4 is 5.32 Å². The van der Waals surface area contributed by atoms with Crippen LogP contribution in [0.2, 0.25) is 0 Å². The Morgan fingerprint density at radius 1 is 1.06 bits per heavy atom. The highest BCUT2D eigenvalue weighted by Gasteiger charge is 2.02. The lowest BCUT2D eigenvalue weighted by Crippen LogP contribution is -2.26. The average Bonchev–Trinajstić information content (AvgIpc) is 2.34. The normalized spacial score (nSPS) is 10.1. The molecule has 0 spiro atoms. The Balaban J connectivity index is 2.05. The maximum Gasteiger partial charge on any atom is 0.224 e. The molecule has 1 N–H and O–H groups in total. The van der Waals surface area contributed by atoms with Crippen molar-refractivity contribution in [3.05, 3.63) is 35.9 Å². The molecule has 0 aliphatic carbocycles. The molecule has 1 rings (SSSR count). The van der Waals surface area contributed by atoms with E-state index < -0.39 is 0 Å². The summed E-state index contributed by atoms with van der Waals surface area (Å²) in [7, 11) is 0. The molecule has 3 nitrogen and oxygen atoms in total. The number of carbonyl (C=O) groups is 2. The number of hydrogen-bond donors (Lipinski definition) is 1. The second-order valence-electron chi connectivity index (χ2n) is 4.18. The second-order valence-corrected chi connectivity index (χ2v) is 4.60. The Labute approximate surface area is 113 Å². The maximum absolute atomic E-state index is 11.6. The minimum Gasteiger partial charge on any atom is -0.356 e. The molecule has 0 fully saturated rings. The number of nitrogens with one attached hydrogen (secondary N) is 1. The van der Waals surface area contributed by atoms with E-state index in [4.69, 9.17) is 11.6 Å². The van der Waals surface area contributed by atoms with Crippen molar-refractivity contribution in [2.45, 2.75) is 32.1 Å². The summed E-state index contributed by atoms with van der Waals surface area (Å²) in [5.74, 6) is 0.0367. The Bertz CT molecular complexity index is 379. The Kier molecular flexibility index (Phi) is 7.11. The van der Waals surface area contributed by atoms with E-state index in [9.17, 15) is 9.59 Å². The van der Waals surface area contributed by atoms with Gasteiger partial charge in [0.2, 0.25) is 11.1 Å². The molecular weight excluding hydrogens is 250 g/mol. The van der Waals surface area contributed by atoms with Gasteiger partial charge in [-0.25, -0.2) is 0 Å². The predicted octanol–water partition coefficient (Wildman–Crippen LogP) is 2.67. The van der Waals surface area contributed by atoms with Gasteiger partial charge >= 0.3 is 0 Å². The van der Waals surface area contributed by atoms with Crippen LogP contribution in [0, 0.1) is 0 Å². The summed E-state index contributed by atoms with van der Waals surface area (Å²) in [6.07, 6.45) is 3.41. The lowest BCUT2D eigenvalue weighted by atomic mass is 10.1. The summed E-state index contributed by atoms with van der Waals surface area (Å²) in [6, 6.07) is 9.65. The average molecular weight is 268 g/mol. The van der Waals surface area contributed by atoms with Crippen molar-refractivity contribution in [1.82, 2.24) is 5.32 Å². The van der Waals surface area contributed by atoms with Gasteiger partial charge in [0, 0.05) is 13.0 Å². The molecule has 1 amide bonds. The van der Waals surface area contributed by atoms with Crippen molar-refractivity contribution in [2.24, 2.45) is 0 Å². The quantitative estimate of drug-likeness (QED) is 0.581. The van der Waals surface area contributed by atoms with E-state index in [1.165, 1.54) is 0 Å². The van der Waals surface area contributed by atoms with Gasteiger partial charge in [-0.05, 0) is 30.0 Å². The van der Waals surface area contributed by atoms with Crippen LogP contribution in [0.25, 0.3) is 0 Å². The SMILES string of the molecule is O=C(Cl)CCCCCNC(=O)Cc1ccccc1. The van der Waals surface area contributed by atoms with Gasteiger partial charge in [-0.2, -0.15) is 0 Å². The smallest absolute Gasteiger partial charge is 0.224 e. The fourth-order valence-corrected chi connectivity index (χ4v) is 1.77. The van der Waals surface area contributed by atoms with Crippen LogP contribution in [0.3, 0.4) is 0 Å². The number of benzene rings is 1. The van der Waals surface area contributed by atoms with Crippen LogP contribution in [0.15, 0.2) is 30.3 Å².